The molecule has 1 aromatic heterocycles. The van der Waals surface area contributed by atoms with Crippen molar-refractivity contribution in [3.05, 3.63) is 43.6 Å². The predicted molar refractivity (Wildman–Crippen MR) is 80.9 cm³/mol. The summed E-state index contributed by atoms with van der Waals surface area (Å²) in [5.74, 6) is -2.08. The summed E-state index contributed by atoms with van der Waals surface area (Å²) in [5.41, 5.74) is -1.43. The number of rotatable bonds is 4. The Labute approximate surface area is 131 Å². The van der Waals surface area contributed by atoms with Gasteiger partial charge >= 0.3 is 5.69 Å². The molecule has 0 radical (unpaired) electrons. The number of hydrogen-bond acceptors (Lipinski definition) is 5. The summed E-state index contributed by atoms with van der Waals surface area (Å²) in [4.78, 5) is 17.7. The average Bonchev–Trinajstić information content (AvgIpc) is 2.42. The smallest absolute Gasteiger partial charge is 0.305 e. The Kier molecular flexibility index (Phi) is 4.60. The number of hydrogen-bond donors (Lipinski definition) is 1. The highest BCUT2D eigenvalue weighted by molar-refractivity contribution is 14.1. The third kappa shape index (κ3) is 3.06. The Balaban J connectivity index is 2.64. The predicted octanol–water partition coefficient (Wildman–Crippen LogP) is 3.37. The first kappa shape index (κ1) is 15.5. The Morgan fingerprint density at radius 1 is 1.43 bits per heavy atom. The minimum absolute atomic E-state index is 0.245. The minimum atomic E-state index is -1.29. The highest BCUT2D eigenvalue weighted by Crippen LogP contribution is 2.30. The molecule has 0 saturated carbocycles. The second-order valence-electron chi connectivity index (χ2n) is 3.93. The number of halogens is 3. The van der Waals surface area contributed by atoms with E-state index in [0.717, 1.165) is 12.1 Å². The van der Waals surface area contributed by atoms with Crippen molar-refractivity contribution in [2.24, 2.45) is 0 Å². The minimum Gasteiger partial charge on any atom is -0.369 e. The quantitative estimate of drug-likeness (QED) is 0.479. The molecule has 0 aliphatic carbocycles. The van der Waals surface area contributed by atoms with Gasteiger partial charge in [0.15, 0.2) is 5.82 Å². The maximum atomic E-state index is 14.1. The van der Waals surface area contributed by atoms with E-state index in [4.69, 9.17) is 0 Å². The van der Waals surface area contributed by atoms with Crippen molar-refractivity contribution in [3.8, 4) is 11.4 Å². The maximum absolute atomic E-state index is 14.1. The molecule has 110 valence electrons. The van der Waals surface area contributed by atoms with Gasteiger partial charge < -0.3 is 5.32 Å². The second-order valence-corrected chi connectivity index (χ2v) is 5.10. The molecular weight excluding hydrogens is 397 g/mol. The Hall–Kier alpha value is -1.91. The lowest BCUT2D eigenvalue weighted by Crippen LogP contribution is -2.06. The molecule has 0 amide bonds. The Morgan fingerprint density at radius 3 is 2.76 bits per heavy atom. The Bertz CT molecular complexity index is 712. The van der Waals surface area contributed by atoms with Crippen LogP contribution in [0.4, 0.5) is 20.3 Å². The SMILES string of the molecule is CCNc1nc(-c2c(F)ccc([N+](=O)[O-])c2F)ncc1I. The van der Waals surface area contributed by atoms with Gasteiger partial charge in [0.1, 0.15) is 11.6 Å². The zero-order valence-corrected chi connectivity index (χ0v) is 12.9. The largest absolute Gasteiger partial charge is 0.369 e. The van der Waals surface area contributed by atoms with Crippen LogP contribution < -0.4 is 5.32 Å². The van der Waals surface area contributed by atoms with Gasteiger partial charge in [-0.2, -0.15) is 4.39 Å². The van der Waals surface area contributed by atoms with Crippen LogP contribution in [-0.4, -0.2) is 21.4 Å². The average molecular weight is 406 g/mol. The monoisotopic (exact) mass is 406 g/mol. The van der Waals surface area contributed by atoms with Crippen LogP contribution in [0.3, 0.4) is 0 Å². The molecule has 9 heteroatoms. The molecule has 0 bridgehead atoms. The van der Waals surface area contributed by atoms with Crippen molar-refractivity contribution in [1.82, 2.24) is 9.97 Å². The molecule has 2 aromatic rings. The summed E-state index contributed by atoms with van der Waals surface area (Å²) in [6.45, 7) is 2.40. The molecule has 2 rings (SSSR count). The second kappa shape index (κ2) is 6.24. The van der Waals surface area contributed by atoms with Gasteiger partial charge in [-0.1, -0.05) is 0 Å². The zero-order valence-electron chi connectivity index (χ0n) is 10.7. The summed E-state index contributed by atoms with van der Waals surface area (Å²) in [7, 11) is 0. The number of nitrogens with one attached hydrogen (secondary N) is 1. The number of nitrogens with zero attached hydrogens (tertiary/aromatic N) is 3. The molecule has 1 aromatic carbocycles. The summed E-state index contributed by atoms with van der Waals surface area (Å²) >= 11 is 1.97. The molecule has 21 heavy (non-hydrogen) atoms. The first-order chi connectivity index (χ1) is 9.95. The van der Waals surface area contributed by atoms with E-state index < -0.39 is 27.8 Å². The lowest BCUT2D eigenvalue weighted by Gasteiger charge is -2.08. The van der Waals surface area contributed by atoms with Crippen LogP contribution >= 0.6 is 22.6 Å². The van der Waals surface area contributed by atoms with Crippen molar-refractivity contribution in [2.75, 3.05) is 11.9 Å². The van der Waals surface area contributed by atoms with Crippen LogP contribution in [0.25, 0.3) is 11.4 Å². The van der Waals surface area contributed by atoms with Gasteiger partial charge in [-0.3, -0.25) is 10.1 Å². The van der Waals surface area contributed by atoms with Crippen LogP contribution in [0.15, 0.2) is 18.3 Å². The Morgan fingerprint density at radius 2 is 2.14 bits per heavy atom. The van der Waals surface area contributed by atoms with Crippen molar-refractivity contribution >= 4 is 34.1 Å². The third-order valence-corrected chi connectivity index (χ3v) is 3.37. The van der Waals surface area contributed by atoms with E-state index in [1.165, 1.54) is 6.20 Å². The van der Waals surface area contributed by atoms with Gasteiger partial charge in [-0.15, -0.1) is 0 Å². The van der Waals surface area contributed by atoms with Crippen molar-refractivity contribution in [1.29, 1.82) is 0 Å². The normalized spacial score (nSPS) is 10.5. The van der Waals surface area contributed by atoms with E-state index in [0.29, 0.717) is 15.9 Å². The van der Waals surface area contributed by atoms with Gasteiger partial charge in [0.25, 0.3) is 0 Å². The fourth-order valence-corrected chi connectivity index (χ4v) is 2.12. The number of benzene rings is 1. The van der Waals surface area contributed by atoms with E-state index in [1.807, 2.05) is 29.5 Å². The zero-order chi connectivity index (χ0) is 15.6. The van der Waals surface area contributed by atoms with Crippen molar-refractivity contribution < 1.29 is 13.7 Å². The van der Waals surface area contributed by atoms with E-state index in [1.54, 1.807) is 0 Å². The van der Waals surface area contributed by atoms with Crippen LogP contribution in [0.1, 0.15) is 6.92 Å². The van der Waals surface area contributed by atoms with E-state index in [-0.39, 0.29) is 5.82 Å². The lowest BCUT2D eigenvalue weighted by atomic mass is 10.1. The molecule has 0 spiro atoms. The van der Waals surface area contributed by atoms with Gasteiger partial charge in [-0.25, -0.2) is 14.4 Å². The highest BCUT2D eigenvalue weighted by Gasteiger charge is 2.24. The van der Waals surface area contributed by atoms with Crippen molar-refractivity contribution in [3.63, 3.8) is 0 Å². The van der Waals surface area contributed by atoms with Crippen LogP contribution in [-0.2, 0) is 0 Å². The van der Waals surface area contributed by atoms with Crippen LogP contribution in [0.5, 0.6) is 0 Å². The first-order valence-corrected chi connectivity index (χ1v) is 6.92. The molecule has 0 unspecified atom stereocenters. The molecule has 0 aliphatic heterocycles. The summed E-state index contributed by atoms with van der Waals surface area (Å²) in [5, 5.41) is 13.7. The van der Waals surface area contributed by atoms with Gasteiger partial charge in [-0.05, 0) is 35.6 Å². The molecule has 0 atom stereocenters. The number of nitro benzene ring substituents is 1. The first-order valence-electron chi connectivity index (χ1n) is 5.84. The van der Waals surface area contributed by atoms with Crippen molar-refractivity contribution in [2.45, 2.75) is 6.92 Å². The fourth-order valence-electron chi connectivity index (χ4n) is 1.67. The molecular formula is C12H9F2IN4O2. The fraction of sp³-hybridized carbons (Fsp3) is 0.167. The summed E-state index contributed by atoms with van der Waals surface area (Å²) < 4.78 is 28.6. The molecule has 1 N–H and O–H groups in total. The number of anilines is 1. The topological polar surface area (TPSA) is 81.0 Å². The molecule has 1 heterocycles. The number of nitro groups is 1. The lowest BCUT2D eigenvalue weighted by molar-refractivity contribution is -0.387. The van der Waals surface area contributed by atoms with Gasteiger partial charge in [0, 0.05) is 18.8 Å². The third-order valence-electron chi connectivity index (χ3n) is 2.58. The van der Waals surface area contributed by atoms with Gasteiger partial charge in [0.05, 0.1) is 14.1 Å². The van der Waals surface area contributed by atoms with Gasteiger partial charge in [0.2, 0.25) is 5.82 Å². The molecule has 0 fully saturated rings. The van der Waals surface area contributed by atoms with E-state index >= 15 is 0 Å². The van der Waals surface area contributed by atoms with Crippen LogP contribution in [0.2, 0.25) is 0 Å². The molecule has 0 saturated heterocycles. The summed E-state index contributed by atoms with van der Waals surface area (Å²) in [6, 6.07) is 1.59. The van der Waals surface area contributed by atoms with Crippen LogP contribution in [0, 0.1) is 25.3 Å². The van der Waals surface area contributed by atoms with E-state index in [2.05, 4.69) is 15.3 Å². The highest BCUT2D eigenvalue weighted by atomic mass is 127. The molecule has 6 nitrogen and oxygen atoms in total. The standard InChI is InChI=1S/C12H9F2IN4O2/c1-2-16-11-7(15)5-17-12(18-11)9-6(13)3-4-8(10(9)14)19(20)21/h3-5H,2H2,1H3,(H,16,17,18). The molecule has 0 aliphatic rings. The van der Waals surface area contributed by atoms with E-state index in [9.17, 15) is 18.9 Å². The summed E-state index contributed by atoms with van der Waals surface area (Å²) in [6.07, 6.45) is 1.39. The maximum Gasteiger partial charge on any atom is 0.305 e. The number of aromatic nitrogens is 2.